The molecule has 0 fully saturated rings. The molecular formula is C14H27N3. The Kier molecular flexibility index (Phi) is 5.19. The van der Waals surface area contributed by atoms with Gasteiger partial charge >= 0.3 is 0 Å². The van der Waals surface area contributed by atoms with Crippen molar-refractivity contribution >= 4 is 0 Å². The van der Waals surface area contributed by atoms with E-state index in [1.54, 1.807) is 0 Å². The zero-order chi connectivity index (χ0) is 13.0. The van der Waals surface area contributed by atoms with E-state index < -0.39 is 0 Å². The van der Waals surface area contributed by atoms with Gasteiger partial charge in [-0.2, -0.15) is 5.10 Å². The molecule has 3 heteroatoms. The van der Waals surface area contributed by atoms with Gasteiger partial charge in [0.05, 0.1) is 5.69 Å². The van der Waals surface area contributed by atoms with Gasteiger partial charge in [0.25, 0.3) is 0 Å². The molecule has 2 unspecified atom stereocenters. The van der Waals surface area contributed by atoms with Crippen LogP contribution in [-0.2, 0) is 13.5 Å². The molecule has 0 aromatic carbocycles. The van der Waals surface area contributed by atoms with Crippen molar-refractivity contribution in [3.05, 3.63) is 17.5 Å². The maximum atomic E-state index is 4.43. The number of nitrogens with one attached hydrogen (secondary N) is 1. The van der Waals surface area contributed by atoms with Crippen molar-refractivity contribution in [1.29, 1.82) is 0 Å². The number of nitrogens with zero attached hydrogens (tertiary/aromatic N) is 2. The lowest BCUT2D eigenvalue weighted by Gasteiger charge is -2.28. The molecule has 0 bridgehead atoms. The normalized spacial score (nSPS) is 15.2. The van der Waals surface area contributed by atoms with Crippen LogP contribution >= 0.6 is 0 Å². The first-order chi connectivity index (χ1) is 7.95. The average Bonchev–Trinajstić information content (AvgIpc) is 2.53. The van der Waals surface area contributed by atoms with Crippen LogP contribution in [0.25, 0.3) is 0 Å². The molecule has 1 N–H and O–H groups in total. The highest BCUT2D eigenvalue weighted by molar-refractivity contribution is 5.10. The third-order valence-corrected chi connectivity index (χ3v) is 3.57. The summed E-state index contributed by atoms with van der Waals surface area (Å²) in [7, 11) is 2.04. The van der Waals surface area contributed by atoms with Gasteiger partial charge in [-0.25, -0.2) is 0 Å². The monoisotopic (exact) mass is 237 g/mol. The summed E-state index contributed by atoms with van der Waals surface area (Å²) in [6.45, 7) is 12.2. The van der Waals surface area contributed by atoms with Gasteiger partial charge in [0.15, 0.2) is 0 Å². The Labute approximate surface area is 106 Å². The van der Waals surface area contributed by atoms with Crippen molar-refractivity contribution in [3.63, 3.8) is 0 Å². The van der Waals surface area contributed by atoms with E-state index in [4.69, 9.17) is 0 Å². The highest BCUT2D eigenvalue weighted by Crippen LogP contribution is 2.21. The maximum Gasteiger partial charge on any atom is 0.0596 e. The summed E-state index contributed by atoms with van der Waals surface area (Å²) in [6, 6.07) is 2.75. The molecule has 0 amide bonds. The number of aromatic nitrogens is 2. The highest BCUT2D eigenvalue weighted by atomic mass is 15.3. The quantitative estimate of drug-likeness (QED) is 0.824. The zero-order valence-corrected chi connectivity index (χ0v) is 12.1. The molecule has 1 aromatic heterocycles. The number of aryl methyl sites for hydroxylation is 2. The van der Waals surface area contributed by atoms with Crippen LogP contribution in [0.5, 0.6) is 0 Å². The van der Waals surface area contributed by atoms with Crippen LogP contribution in [0.1, 0.15) is 39.1 Å². The molecule has 98 valence electrons. The summed E-state index contributed by atoms with van der Waals surface area (Å²) in [6.07, 6.45) is 1.10. The lowest BCUT2D eigenvalue weighted by atomic mass is 9.85. The van der Waals surface area contributed by atoms with Gasteiger partial charge in [-0.3, -0.25) is 4.68 Å². The van der Waals surface area contributed by atoms with E-state index in [1.807, 2.05) is 11.7 Å². The SMILES string of the molecule is CCNC(C)C(Cc1cc(C)nn1C)C(C)C. The van der Waals surface area contributed by atoms with E-state index in [0.717, 1.165) is 18.7 Å². The minimum Gasteiger partial charge on any atom is -0.314 e. The Balaban J connectivity index is 2.76. The van der Waals surface area contributed by atoms with Gasteiger partial charge < -0.3 is 5.32 Å². The Morgan fingerprint density at radius 1 is 1.35 bits per heavy atom. The molecule has 0 aliphatic carbocycles. The Morgan fingerprint density at radius 3 is 2.41 bits per heavy atom. The average molecular weight is 237 g/mol. The van der Waals surface area contributed by atoms with E-state index in [2.05, 4.69) is 51.1 Å². The van der Waals surface area contributed by atoms with Crippen molar-refractivity contribution in [2.24, 2.45) is 18.9 Å². The number of rotatable bonds is 6. The first-order valence-electron chi connectivity index (χ1n) is 6.68. The summed E-state index contributed by atoms with van der Waals surface area (Å²) >= 11 is 0. The second-order valence-electron chi connectivity index (χ2n) is 5.36. The highest BCUT2D eigenvalue weighted by Gasteiger charge is 2.21. The lowest BCUT2D eigenvalue weighted by molar-refractivity contribution is 0.287. The molecule has 0 radical (unpaired) electrons. The minimum absolute atomic E-state index is 0.551. The van der Waals surface area contributed by atoms with Crippen molar-refractivity contribution in [3.8, 4) is 0 Å². The summed E-state index contributed by atoms with van der Waals surface area (Å²) < 4.78 is 2.02. The first kappa shape index (κ1) is 14.2. The molecular weight excluding hydrogens is 210 g/mol. The summed E-state index contributed by atoms with van der Waals surface area (Å²) in [4.78, 5) is 0. The summed E-state index contributed by atoms with van der Waals surface area (Å²) in [5, 5.41) is 7.97. The van der Waals surface area contributed by atoms with E-state index in [9.17, 15) is 0 Å². The zero-order valence-electron chi connectivity index (χ0n) is 12.1. The predicted octanol–water partition coefficient (Wildman–Crippen LogP) is 2.54. The van der Waals surface area contributed by atoms with Crippen molar-refractivity contribution in [2.75, 3.05) is 6.54 Å². The Bertz CT molecular complexity index is 341. The van der Waals surface area contributed by atoms with Crippen molar-refractivity contribution < 1.29 is 0 Å². The van der Waals surface area contributed by atoms with Crippen LogP contribution in [0.4, 0.5) is 0 Å². The molecule has 0 spiro atoms. The second-order valence-corrected chi connectivity index (χ2v) is 5.36. The lowest BCUT2D eigenvalue weighted by Crippen LogP contribution is -2.37. The molecule has 2 atom stereocenters. The number of hydrogen-bond acceptors (Lipinski definition) is 2. The molecule has 17 heavy (non-hydrogen) atoms. The summed E-state index contributed by atoms with van der Waals surface area (Å²) in [5.74, 6) is 1.34. The minimum atomic E-state index is 0.551. The van der Waals surface area contributed by atoms with Crippen LogP contribution in [0, 0.1) is 18.8 Å². The standard InChI is InChI=1S/C14H27N3/c1-7-15-12(5)14(10(2)3)9-13-8-11(4)16-17(13)6/h8,10,12,14-15H,7,9H2,1-6H3. The summed E-state index contributed by atoms with van der Waals surface area (Å²) in [5.41, 5.74) is 2.45. The Hall–Kier alpha value is -0.830. The molecule has 1 aromatic rings. The smallest absolute Gasteiger partial charge is 0.0596 e. The molecule has 0 aliphatic heterocycles. The van der Waals surface area contributed by atoms with Crippen LogP contribution in [0.3, 0.4) is 0 Å². The fraction of sp³-hybridized carbons (Fsp3) is 0.786. The van der Waals surface area contributed by atoms with Gasteiger partial charge in [-0.1, -0.05) is 20.8 Å². The van der Waals surface area contributed by atoms with Gasteiger partial charge in [0.2, 0.25) is 0 Å². The third-order valence-electron chi connectivity index (χ3n) is 3.57. The first-order valence-corrected chi connectivity index (χ1v) is 6.68. The van der Waals surface area contributed by atoms with Gasteiger partial charge in [0.1, 0.15) is 0 Å². The molecule has 0 saturated carbocycles. The second kappa shape index (κ2) is 6.20. The van der Waals surface area contributed by atoms with Crippen molar-refractivity contribution in [1.82, 2.24) is 15.1 Å². The van der Waals surface area contributed by atoms with Gasteiger partial charge in [-0.05, 0) is 44.7 Å². The third kappa shape index (κ3) is 3.84. The fourth-order valence-electron chi connectivity index (χ4n) is 2.56. The van der Waals surface area contributed by atoms with E-state index in [0.29, 0.717) is 17.9 Å². The molecule has 3 nitrogen and oxygen atoms in total. The van der Waals surface area contributed by atoms with Crippen LogP contribution in [0.2, 0.25) is 0 Å². The molecule has 0 saturated heterocycles. The molecule has 1 heterocycles. The van der Waals surface area contributed by atoms with Crippen LogP contribution in [-0.4, -0.2) is 22.4 Å². The van der Waals surface area contributed by atoms with Crippen molar-refractivity contribution in [2.45, 2.75) is 47.1 Å². The Morgan fingerprint density at radius 2 is 2.00 bits per heavy atom. The van der Waals surface area contributed by atoms with E-state index >= 15 is 0 Å². The van der Waals surface area contributed by atoms with E-state index in [-0.39, 0.29) is 0 Å². The van der Waals surface area contributed by atoms with Gasteiger partial charge in [0, 0.05) is 18.8 Å². The fourth-order valence-corrected chi connectivity index (χ4v) is 2.56. The molecule has 1 rings (SSSR count). The van der Waals surface area contributed by atoms with Crippen LogP contribution in [0.15, 0.2) is 6.07 Å². The van der Waals surface area contributed by atoms with Crippen LogP contribution < -0.4 is 5.32 Å². The largest absolute Gasteiger partial charge is 0.314 e. The number of hydrogen-bond donors (Lipinski definition) is 1. The van der Waals surface area contributed by atoms with E-state index in [1.165, 1.54) is 5.69 Å². The van der Waals surface area contributed by atoms with Gasteiger partial charge in [-0.15, -0.1) is 0 Å². The maximum absolute atomic E-state index is 4.43. The topological polar surface area (TPSA) is 29.9 Å². The predicted molar refractivity (Wildman–Crippen MR) is 73.1 cm³/mol. The molecule has 0 aliphatic rings.